The highest BCUT2D eigenvalue weighted by molar-refractivity contribution is 7.89. The first kappa shape index (κ1) is 22.0. The molecule has 2 aromatic carbocycles. The zero-order valence-electron chi connectivity index (χ0n) is 15.5. The van der Waals surface area contributed by atoms with Gasteiger partial charge in [0.1, 0.15) is 5.82 Å². The van der Waals surface area contributed by atoms with Crippen LogP contribution in [0.2, 0.25) is 0 Å². The number of likely N-dealkylation sites (N-methyl/N-ethyl adjacent to an activating group) is 1. The Bertz CT molecular complexity index is 1070. The fourth-order valence-electron chi connectivity index (χ4n) is 2.22. The van der Waals surface area contributed by atoms with Crippen LogP contribution in [0.25, 0.3) is 0 Å². The van der Waals surface area contributed by atoms with E-state index in [1.165, 1.54) is 45.4 Å². The number of carbonyl (C=O) groups excluding carboxylic acids is 1. The average Bonchev–Trinajstić information content (AvgIpc) is 2.62. The third-order valence-electron chi connectivity index (χ3n) is 3.78. The lowest BCUT2D eigenvalue weighted by atomic mass is 10.3. The van der Waals surface area contributed by atoms with Crippen LogP contribution in [-0.4, -0.2) is 59.0 Å². The van der Waals surface area contributed by atoms with E-state index in [2.05, 4.69) is 5.32 Å². The van der Waals surface area contributed by atoms with Crippen molar-refractivity contribution in [2.24, 2.45) is 0 Å². The fourth-order valence-corrected chi connectivity index (χ4v) is 4.29. The summed E-state index contributed by atoms with van der Waals surface area (Å²) in [6.45, 7) is -0.510. The summed E-state index contributed by atoms with van der Waals surface area (Å²) < 4.78 is 64.0. The van der Waals surface area contributed by atoms with Crippen LogP contribution in [0.15, 0.2) is 58.3 Å². The van der Waals surface area contributed by atoms with Crippen LogP contribution < -0.4 is 5.32 Å². The largest absolute Gasteiger partial charge is 0.325 e. The van der Waals surface area contributed by atoms with E-state index in [-0.39, 0.29) is 15.5 Å². The molecule has 1 N–H and O–H groups in total. The van der Waals surface area contributed by atoms with E-state index in [0.29, 0.717) is 0 Å². The summed E-state index contributed by atoms with van der Waals surface area (Å²) in [7, 11) is -3.68. The first-order chi connectivity index (χ1) is 12.9. The molecule has 0 bridgehead atoms. The number of amides is 1. The molecule has 8 nitrogen and oxygen atoms in total. The molecule has 0 atom stereocenters. The summed E-state index contributed by atoms with van der Waals surface area (Å²) in [5.41, 5.74) is 0.209. The van der Waals surface area contributed by atoms with E-state index < -0.39 is 38.3 Å². The predicted molar refractivity (Wildman–Crippen MR) is 102 cm³/mol. The van der Waals surface area contributed by atoms with E-state index >= 15 is 0 Å². The first-order valence-electron chi connectivity index (χ1n) is 7.99. The molecule has 0 aromatic heterocycles. The van der Waals surface area contributed by atoms with Gasteiger partial charge in [-0.1, -0.05) is 6.07 Å². The van der Waals surface area contributed by atoms with Crippen LogP contribution in [0, 0.1) is 5.82 Å². The Kier molecular flexibility index (Phi) is 6.55. The smallest absolute Gasteiger partial charge is 0.243 e. The summed E-state index contributed by atoms with van der Waals surface area (Å²) in [5.74, 6) is -1.24. The van der Waals surface area contributed by atoms with Gasteiger partial charge >= 0.3 is 0 Å². The van der Waals surface area contributed by atoms with Gasteiger partial charge in [0.15, 0.2) is 0 Å². The molecule has 0 radical (unpaired) electrons. The number of hydrogen-bond acceptors (Lipinski definition) is 5. The van der Waals surface area contributed by atoms with Crippen LogP contribution in [0.4, 0.5) is 10.1 Å². The molecule has 0 saturated heterocycles. The molecular formula is C17H20FN3O5S2. The number of anilines is 1. The lowest BCUT2D eigenvalue weighted by Gasteiger charge is -2.17. The van der Waals surface area contributed by atoms with Crippen molar-refractivity contribution in [3.8, 4) is 0 Å². The van der Waals surface area contributed by atoms with Gasteiger partial charge in [0, 0.05) is 26.8 Å². The molecule has 2 aromatic rings. The molecular weight excluding hydrogens is 409 g/mol. The van der Waals surface area contributed by atoms with Crippen molar-refractivity contribution in [3.05, 3.63) is 54.3 Å². The normalized spacial score (nSPS) is 12.4. The van der Waals surface area contributed by atoms with Crippen molar-refractivity contribution in [3.63, 3.8) is 0 Å². The van der Waals surface area contributed by atoms with Crippen molar-refractivity contribution >= 4 is 31.6 Å². The monoisotopic (exact) mass is 429 g/mol. The van der Waals surface area contributed by atoms with Gasteiger partial charge in [-0.3, -0.25) is 4.79 Å². The van der Waals surface area contributed by atoms with Crippen LogP contribution in [-0.2, 0) is 24.8 Å². The molecule has 11 heteroatoms. The Hall–Kier alpha value is -2.34. The number of rotatable bonds is 7. The molecule has 0 aliphatic rings. The van der Waals surface area contributed by atoms with E-state index in [1.54, 1.807) is 0 Å². The summed E-state index contributed by atoms with van der Waals surface area (Å²) >= 11 is 0. The van der Waals surface area contributed by atoms with Crippen molar-refractivity contribution in [1.29, 1.82) is 0 Å². The second kappa shape index (κ2) is 8.35. The molecule has 152 valence electrons. The Morgan fingerprint density at radius 3 is 2.11 bits per heavy atom. The second-order valence-corrected chi connectivity index (χ2v) is 10.3. The highest BCUT2D eigenvalue weighted by Gasteiger charge is 2.23. The molecule has 0 unspecified atom stereocenters. The van der Waals surface area contributed by atoms with Gasteiger partial charge in [-0.05, 0) is 42.5 Å². The summed E-state index contributed by atoms with van der Waals surface area (Å²) in [6.07, 6.45) is 0. The van der Waals surface area contributed by atoms with E-state index in [4.69, 9.17) is 0 Å². The molecule has 0 aliphatic carbocycles. The zero-order chi connectivity index (χ0) is 21.1. The Labute approximate surface area is 163 Å². The van der Waals surface area contributed by atoms with E-state index in [1.807, 2.05) is 0 Å². The van der Waals surface area contributed by atoms with Gasteiger partial charge in [-0.25, -0.2) is 25.5 Å². The molecule has 0 saturated carbocycles. The van der Waals surface area contributed by atoms with Crippen molar-refractivity contribution in [2.45, 2.75) is 9.79 Å². The van der Waals surface area contributed by atoms with Crippen LogP contribution >= 0.6 is 0 Å². The van der Waals surface area contributed by atoms with Gasteiger partial charge in [0.05, 0.1) is 16.3 Å². The number of hydrogen-bond donors (Lipinski definition) is 1. The minimum atomic E-state index is -3.98. The minimum absolute atomic E-state index is 0.0115. The van der Waals surface area contributed by atoms with Gasteiger partial charge in [0.2, 0.25) is 26.0 Å². The van der Waals surface area contributed by atoms with Crippen LogP contribution in [0.1, 0.15) is 0 Å². The maximum Gasteiger partial charge on any atom is 0.243 e. The molecule has 0 fully saturated rings. The van der Waals surface area contributed by atoms with E-state index in [9.17, 15) is 26.0 Å². The molecule has 2 rings (SSSR count). The topological polar surface area (TPSA) is 104 Å². The quantitative estimate of drug-likeness (QED) is 0.715. The standard InChI is InChI=1S/C17H20FN3O5S2/c1-20(2)27(23,24)16-6-4-5-14(11-16)19-17(22)12-21(3)28(25,26)15-9-7-13(18)8-10-15/h4-11H,12H2,1-3H3,(H,19,22). The van der Waals surface area contributed by atoms with Crippen molar-refractivity contribution < 1.29 is 26.0 Å². The zero-order valence-corrected chi connectivity index (χ0v) is 17.1. The number of sulfonamides is 2. The summed E-state index contributed by atoms with van der Waals surface area (Å²) in [4.78, 5) is 12.1. The lowest BCUT2D eigenvalue weighted by Crippen LogP contribution is -2.35. The lowest BCUT2D eigenvalue weighted by molar-refractivity contribution is -0.116. The second-order valence-electron chi connectivity index (χ2n) is 6.08. The van der Waals surface area contributed by atoms with Crippen LogP contribution in [0.3, 0.4) is 0 Å². The van der Waals surface area contributed by atoms with E-state index in [0.717, 1.165) is 32.9 Å². The maximum absolute atomic E-state index is 13.0. The molecule has 28 heavy (non-hydrogen) atoms. The third-order valence-corrected chi connectivity index (χ3v) is 7.41. The molecule has 1 amide bonds. The van der Waals surface area contributed by atoms with Gasteiger partial charge < -0.3 is 5.32 Å². The van der Waals surface area contributed by atoms with Gasteiger partial charge in [-0.15, -0.1) is 0 Å². The van der Waals surface area contributed by atoms with Gasteiger partial charge in [0.25, 0.3) is 0 Å². The number of carbonyl (C=O) groups is 1. The number of nitrogens with zero attached hydrogens (tertiary/aromatic N) is 2. The highest BCUT2D eigenvalue weighted by atomic mass is 32.2. The Morgan fingerprint density at radius 2 is 1.54 bits per heavy atom. The minimum Gasteiger partial charge on any atom is -0.325 e. The SMILES string of the molecule is CN(C)S(=O)(=O)c1cccc(NC(=O)CN(C)S(=O)(=O)c2ccc(F)cc2)c1. The highest BCUT2D eigenvalue weighted by Crippen LogP contribution is 2.19. The predicted octanol–water partition coefficient (Wildman–Crippen LogP) is 1.34. The molecule has 0 heterocycles. The number of benzene rings is 2. The number of nitrogens with one attached hydrogen (secondary N) is 1. The fraction of sp³-hybridized carbons (Fsp3) is 0.235. The molecule has 0 aliphatic heterocycles. The Balaban J connectivity index is 2.13. The maximum atomic E-state index is 13.0. The van der Waals surface area contributed by atoms with Gasteiger partial charge in [-0.2, -0.15) is 4.31 Å². The first-order valence-corrected chi connectivity index (χ1v) is 10.9. The summed E-state index contributed by atoms with van der Waals surface area (Å²) in [5, 5.41) is 2.47. The Morgan fingerprint density at radius 1 is 0.929 bits per heavy atom. The van der Waals surface area contributed by atoms with Crippen molar-refractivity contribution in [2.75, 3.05) is 33.0 Å². The van der Waals surface area contributed by atoms with Crippen LogP contribution in [0.5, 0.6) is 0 Å². The average molecular weight is 429 g/mol. The summed E-state index contributed by atoms with van der Waals surface area (Å²) in [6, 6.07) is 9.85. The number of halogens is 1. The molecule has 0 spiro atoms. The van der Waals surface area contributed by atoms with Crippen molar-refractivity contribution in [1.82, 2.24) is 8.61 Å². The third kappa shape index (κ3) is 4.93.